The van der Waals surface area contributed by atoms with E-state index in [0.29, 0.717) is 18.4 Å². The number of amides is 2. The van der Waals surface area contributed by atoms with Crippen molar-refractivity contribution in [3.05, 3.63) is 0 Å². The van der Waals surface area contributed by atoms with Crippen LogP contribution in [0.25, 0.3) is 0 Å². The average Bonchev–Trinajstić information content (AvgIpc) is 2.76. The summed E-state index contributed by atoms with van der Waals surface area (Å²) in [5.74, 6) is 0.442. The van der Waals surface area contributed by atoms with Crippen LogP contribution in [0.2, 0.25) is 0 Å². The third kappa shape index (κ3) is 3.33. The van der Waals surface area contributed by atoms with Gasteiger partial charge in [-0.3, -0.25) is 9.59 Å². The molecule has 3 atom stereocenters. The predicted octanol–water partition coefficient (Wildman–Crippen LogP) is -1.04. The van der Waals surface area contributed by atoms with Crippen molar-refractivity contribution in [3.8, 4) is 0 Å². The van der Waals surface area contributed by atoms with E-state index in [4.69, 9.17) is 11.5 Å². The molecular formula is C9H17N3O2. The van der Waals surface area contributed by atoms with Crippen molar-refractivity contribution >= 4 is 11.8 Å². The van der Waals surface area contributed by atoms with Gasteiger partial charge < -0.3 is 16.8 Å². The summed E-state index contributed by atoms with van der Waals surface area (Å²) in [5, 5.41) is 2.71. The average molecular weight is 199 g/mol. The topological polar surface area (TPSA) is 98.2 Å². The van der Waals surface area contributed by atoms with Gasteiger partial charge in [-0.2, -0.15) is 0 Å². The second-order valence-corrected chi connectivity index (χ2v) is 4.00. The van der Waals surface area contributed by atoms with Crippen molar-refractivity contribution < 1.29 is 9.59 Å². The lowest BCUT2D eigenvalue weighted by Gasteiger charge is -2.09. The van der Waals surface area contributed by atoms with Crippen LogP contribution in [0.5, 0.6) is 0 Å². The molecule has 1 aliphatic carbocycles. The summed E-state index contributed by atoms with van der Waals surface area (Å²) in [6.45, 7) is 2.80. The van der Waals surface area contributed by atoms with E-state index in [9.17, 15) is 9.59 Å². The SMILES string of the molecule is CC1CC1CNC(=O)C(N)CC(N)=O. The molecule has 0 saturated heterocycles. The van der Waals surface area contributed by atoms with Crippen LogP contribution in [0.4, 0.5) is 0 Å². The standard InChI is InChI=1S/C9H17N3O2/c1-5-2-6(5)4-12-9(14)7(10)3-8(11)13/h5-7H,2-4,10H2,1H3,(H2,11,13)(H,12,14). The molecule has 1 rings (SSSR count). The van der Waals surface area contributed by atoms with E-state index < -0.39 is 11.9 Å². The van der Waals surface area contributed by atoms with Crippen molar-refractivity contribution in [2.45, 2.75) is 25.8 Å². The maximum atomic E-state index is 11.3. The van der Waals surface area contributed by atoms with Gasteiger partial charge >= 0.3 is 0 Å². The molecule has 0 heterocycles. The fourth-order valence-corrected chi connectivity index (χ4v) is 1.36. The van der Waals surface area contributed by atoms with E-state index in [0.717, 1.165) is 6.42 Å². The van der Waals surface area contributed by atoms with E-state index in [2.05, 4.69) is 12.2 Å². The quantitative estimate of drug-likeness (QED) is 0.527. The molecule has 0 aromatic heterocycles. The van der Waals surface area contributed by atoms with Crippen molar-refractivity contribution in [1.29, 1.82) is 0 Å². The number of carbonyl (C=O) groups is 2. The molecule has 1 fully saturated rings. The summed E-state index contributed by atoms with van der Waals surface area (Å²) >= 11 is 0. The maximum Gasteiger partial charge on any atom is 0.237 e. The molecule has 5 heteroatoms. The predicted molar refractivity (Wildman–Crippen MR) is 52.1 cm³/mol. The lowest BCUT2D eigenvalue weighted by Crippen LogP contribution is -2.43. The number of rotatable bonds is 5. The highest BCUT2D eigenvalue weighted by Crippen LogP contribution is 2.36. The first kappa shape index (κ1) is 11.0. The fraction of sp³-hybridized carbons (Fsp3) is 0.778. The highest BCUT2D eigenvalue weighted by atomic mass is 16.2. The minimum Gasteiger partial charge on any atom is -0.370 e. The number of hydrogen-bond donors (Lipinski definition) is 3. The third-order valence-corrected chi connectivity index (χ3v) is 2.57. The molecule has 1 aliphatic rings. The van der Waals surface area contributed by atoms with Crippen molar-refractivity contribution in [1.82, 2.24) is 5.32 Å². The summed E-state index contributed by atoms with van der Waals surface area (Å²) < 4.78 is 0. The Bertz CT molecular complexity index is 242. The van der Waals surface area contributed by atoms with Crippen LogP contribution in [-0.2, 0) is 9.59 Å². The molecule has 0 radical (unpaired) electrons. The van der Waals surface area contributed by atoms with E-state index in [1.54, 1.807) is 0 Å². The Labute approximate surface area is 83.2 Å². The molecule has 0 aromatic rings. The van der Waals surface area contributed by atoms with Gasteiger partial charge in [-0.1, -0.05) is 6.92 Å². The van der Waals surface area contributed by atoms with Crippen LogP contribution in [-0.4, -0.2) is 24.4 Å². The van der Waals surface area contributed by atoms with Crippen LogP contribution in [0.1, 0.15) is 19.8 Å². The molecule has 0 aliphatic heterocycles. The number of primary amides is 1. The van der Waals surface area contributed by atoms with Crippen LogP contribution in [0, 0.1) is 11.8 Å². The largest absolute Gasteiger partial charge is 0.370 e. The summed E-state index contributed by atoms with van der Waals surface area (Å²) in [4.78, 5) is 21.8. The molecule has 0 spiro atoms. The third-order valence-electron chi connectivity index (χ3n) is 2.57. The minimum atomic E-state index is -0.804. The molecule has 2 amide bonds. The summed E-state index contributed by atoms with van der Waals surface area (Å²) in [7, 11) is 0. The number of nitrogens with one attached hydrogen (secondary N) is 1. The van der Waals surface area contributed by atoms with Crippen molar-refractivity contribution in [3.63, 3.8) is 0 Å². The molecule has 1 saturated carbocycles. The Hall–Kier alpha value is -1.10. The second kappa shape index (κ2) is 4.41. The van der Waals surface area contributed by atoms with Gasteiger partial charge in [0.25, 0.3) is 0 Å². The first-order valence-corrected chi connectivity index (χ1v) is 4.82. The zero-order valence-electron chi connectivity index (χ0n) is 8.32. The van der Waals surface area contributed by atoms with Crippen molar-refractivity contribution in [2.24, 2.45) is 23.3 Å². The Morgan fingerprint density at radius 2 is 2.14 bits per heavy atom. The van der Waals surface area contributed by atoms with Gasteiger partial charge in [0.15, 0.2) is 0 Å². The molecule has 80 valence electrons. The van der Waals surface area contributed by atoms with Gasteiger partial charge in [-0.05, 0) is 18.3 Å². The van der Waals surface area contributed by atoms with Gasteiger partial charge in [0.05, 0.1) is 12.5 Å². The molecule has 5 N–H and O–H groups in total. The van der Waals surface area contributed by atoms with E-state index in [1.165, 1.54) is 0 Å². The van der Waals surface area contributed by atoms with Gasteiger partial charge in [0.1, 0.15) is 0 Å². The Balaban J connectivity index is 2.16. The zero-order chi connectivity index (χ0) is 10.7. The van der Waals surface area contributed by atoms with E-state index in [-0.39, 0.29) is 12.3 Å². The Morgan fingerprint density at radius 3 is 2.57 bits per heavy atom. The monoisotopic (exact) mass is 199 g/mol. The van der Waals surface area contributed by atoms with Crippen LogP contribution in [0.15, 0.2) is 0 Å². The first-order chi connectivity index (χ1) is 6.50. The molecule has 5 nitrogen and oxygen atoms in total. The Morgan fingerprint density at radius 1 is 1.57 bits per heavy atom. The van der Waals surface area contributed by atoms with Gasteiger partial charge in [-0.25, -0.2) is 0 Å². The first-order valence-electron chi connectivity index (χ1n) is 4.82. The normalized spacial score (nSPS) is 26.7. The van der Waals surface area contributed by atoms with Crippen LogP contribution < -0.4 is 16.8 Å². The summed E-state index contributed by atoms with van der Waals surface area (Å²) in [5.41, 5.74) is 10.4. The van der Waals surface area contributed by atoms with Gasteiger partial charge in [-0.15, -0.1) is 0 Å². The van der Waals surface area contributed by atoms with Crippen molar-refractivity contribution in [2.75, 3.05) is 6.54 Å². The summed E-state index contributed by atoms with van der Waals surface area (Å²) in [6.07, 6.45) is 1.07. The fourth-order valence-electron chi connectivity index (χ4n) is 1.36. The molecule has 14 heavy (non-hydrogen) atoms. The molecule has 3 unspecified atom stereocenters. The second-order valence-electron chi connectivity index (χ2n) is 4.00. The highest BCUT2D eigenvalue weighted by molar-refractivity contribution is 5.87. The lowest BCUT2D eigenvalue weighted by atomic mass is 10.2. The highest BCUT2D eigenvalue weighted by Gasteiger charge is 2.32. The number of nitrogens with two attached hydrogens (primary N) is 2. The van der Waals surface area contributed by atoms with E-state index >= 15 is 0 Å². The summed E-state index contributed by atoms with van der Waals surface area (Å²) in [6, 6.07) is -0.804. The Kier molecular flexibility index (Phi) is 3.46. The molecular weight excluding hydrogens is 182 g/mol. The number of hydrogen-bond acceptors (Lipinski definition) is 3. The van der Waals surface area contributed by atoms with Gasteiger partial charge in [0.2, 0.25) is 11.8 Å². The molecule has 0 aromatic carbocycles. The van der Waals surface area contributed by atoms with Crippen LogP contribution >= 0.6 is 0 Å². The smallest absolute Gasteiger partial charge is 0.237 e. The van der Waals surface area contributed by atoms with Crippen LogP contribution in [0.3, 0.4) is 0 Å². The molecule has 0 bridgehead atoms. The minimum absolute atomic E-state index is 0.0912. The van der Waals surface area contributed by atoms with E-state index in [1.807, 2.05) is 0 Å². The van der Waals surface area contributed by atoms with Gasteiger partial charge in [0, 0.05) is 6.54 Å². The maximum absolute atomic E-state index is 11.3. The lowest BCUT2D eigenvalue weighted by molar-refractivity contribution is -0.126. The number of carbonyl (C=O) groups excluding carboxylic acids is 2. The zero-order valence-corrected chi connectivity index (χ0v) is 8.32.